The van der Waals surface area contributed by atoms with Gasteiger partial charge in [0, 0.05) is 0 Å². The lowest BCUT2D eigenvalue weighted by atomic mass is 10.3. The predicted molar refractivity (Wildman–Crippen MR) is 61.7 cm³/mol. The fraction of sp³-hybridized carbons (Fsp3) is 0.300. The van der Waals surface area contributed by atoms with E-state index >= 15 is 0 Å². The molecule has 0 aliphatic rings. The van der Waals surface area contributed by atoms with E-state index in [2.05, 4.69) is 20.7 Å². The minimum absolute atomic E-state index is 0.177. The van der Waals surface area contributed by atoms with Gasteiger partial charge in [0.2, 0.25) is 0 Å². The molecule has 0 aliphatic heterocycles. The fourth-order valence-corrected chi connectivity index (χ4v) is 1.43. The van der Waals surface area contributed by atoms with E-state index in [4.69, 9.17) is 16.3 Å². The minimum atomic E-state index is -0.487. The normalized spacial score (nSPS) is 11.9. The molecule has 0 aliphatic carbocycles. The van der Waals surface area contributed by atoms with Crippen molar-refractivity contribution in [3.05, 3.63) is 29.3 Å². The Labute approximate surface area is 101 Å². The van der Waals surface area contributed by atoms with Gasteiger partial charge in [-0.25, -0.2) is 0 Å². The third-order valence-corrected chi connectivity index (χ3v) is 2.63. The summed E-state index contributed by atoms with van der Waals surface area (Å²) in [6.45, 7) is 0.177. The lowest BCUT2D eigenvalue weighted by molar-refractivity contribution is -0.140. The number of ether oxygens (including phenoxy) is 2. The summed E-state index contributed by atoms with van der Waals surface area (Å²) >= 11 is 9.01. The number of alkyl halides is 1. The van der Waals surface area contributed by atoms with E-state index in [0.717, 1.165) is 0 Å². The van der Waals surface area contributed by atoms with Gasteiger partial charge in [0.05, 0.1) is 12.1 Å². The summed E-state index contributed by atoms with van der Waals surface area (Å²) in [4.78, 5) is 10.5. The number of carbonyl (C=O) groups excluding carboxylic acids is 1. The van der Waals surface area contributed by atoms with Gasteiger partial charge in [-0.1, -0.05) is 39.7 Å². The number of halogens is 2. The number of carbonyl (C=O) groups is 1. The molecule has 1 aromatic rings. The van der Waals surface area contributed by atoms with Gasteiger partial charge in [-0.05, 0) is 12.1 Å². The maximum absolute atomic E-state index is 11.0. The first-order chi connectivity index (χ1) is 7.15. The molecular weight excluding hydrogens is 283 g/mol. The zero-order valence-corrected chi connectivity index (χ0v) is 10.4. The largest absolute Gasteiger partial charge is 0.490 e. The first kappa shape index (κ1) is 12.3. The third-order valence-electron chi connectivity index (χ3n) is 1.68. The van der Waals surface area contributed by atoms with Crippen LogP contribution in [0.15, 0.2) is 24.3 Å². The van der Waals surface area contributed by atoms with E-state index in [1.807, 2.05) is 6.07 Å². The predicted octanol–water partition coefficient (Wildman–Crippen LogP) is 2.66. The summed E-state index contributed by atoms with van der Waals surface area (Å²) in [5.41, 5.74) is 0. The molecule has 0 aromatic heterocycles. The second kappa shape index (κ2) is 5.98. The smallest absolute Gasteiger partial charge is 0.322 e. The minimum Gasteiger partial charge on any atom is -0.490 e. The number of rotatable bonds is 4. The van der Waals surface area contributed by atoms with E-state index < -0.39 is 4.83 Å². The number of esters is 1. The third kappa shape index (κ3) is 3.72. The molecule has 0 bridgehead atoms. The summed E-state index contributed by atoms with van der Waals surface area (Å²) in [5, 5.41) is 0.516. The highest BCUT2D eigenvalue weighted by Crippen LogP contribution is 2.23. The maximum atomic E-state index is 11.0. The molecule has 82 valence electrons. The fourth-order valence-electron chi connectivity index (χ4n) is 0.921. The van der Waals surface area contributed by atoms with Crippen molar-refractivity contribution in [3.8, 4) is 5.75 Å². The number of methoxy groups -OCH3 is 1. The summed E-state index contributed by atoms with van der Waals surface area (Å²) in [5.74, 6) is 0.176. The second-order valence-electron chi connectivity index (χ2n) is 2.73. The molecule has 0 heterocycles. The molecule has 5 heteroatoms. The van der Waals surface area contributed by atoms with Crippen LogP contribution in [0.2, 0.25) is 5.02 Å². The van der Waals surface area contributed by atoms with Crippen LogP contribution >= 0.6 is 27.5 Å². The van der Waals surface area contributed by atoms with Gasteiger partial charge >= 0.3 is 5.97 Å². The van der Waals surface area contributed by atoms with Gasteiger partial charge in [-0.15, -0.1) is 0 Å². The van der Waals surface area contributed by atoms with Gasteiger partial charge in [-0.2, -0.15) is 0 Å². The van der Waals surface area contributed by atoms with Crippen molar-refractivity contribution < 1.29 is 14.3 Å². The molecule has 0 fully saturated rings. The van der Waals surface area contributed by atoms with Crippen molar-refractivity contribution in [3.63, 3.8) is 0 Å². The van der Waals surface area contributed by atoms with Crippen LogP contribution in [0.25, 0.3) is 0 Å². The lowest BCUT2D eigenvalue weighted by Gasteiger charge is -2.10. The molecule has 0 amide bonds. The number of para-hydroxylation sites is 1. The molecule has 1 rings (SSSR count). The van der Waals surface area contributed by atoms with E-state index in [1.165, 1.54) is 7.11 Å². The zero-order chi connectivity index (χ0) is 11.3. The van der Waals surface area contributed by atoms with Gasteiger partial charge in [0.1, 0.15) is 17.2 Å². The quantitative estimate of drug-likeness (QED) is 0.632. The van der Waals surface area contributed by atoms with Gasteiger partial charge in [0.15, 0.2) is 0 Å². The lowest BCUT2D eigenvalue weighted by Crippen LogP contribution is -2.22. The highest BCUT2D eigenvalue weighted by atomic mass is 79.9. The average molecular weight is 294 g/mol. The van der Waals surface area contributed by atoms with Crippen molar-refractivity contribution in [2.24, 2.45) is 0 Å². The van der Waals surface area contributed by atoms with Crippen molar-refractivity contribution in [2.45, 2.75) is 4.83 Å². The van der Waals surface area contributed by atoms with Crippen LogP contribution in [-0.2, 0) is 9.53 Å². The Morgan fingerprint density at radius 2 is 2.20 bits per heavy atom. The summed E-state index contributed by atoms with van der Waals surface area (Å²) in [6, 6.07) is 7.07. The molecule has 0 N–H and O–H groups in total. The number of hydrogen-bond acceptors (Lipinski definition) is 3. The van der Waals surface area contributed by atoms with Crippen molar-refractivity contribution in [2.75, 3.05) is 13.7 Å². The van der Waals surface area contributed by atoms with Crippen LogP contribution in [0.3, 0.4) is 0 Å². The molecule has 1 unspecified atom stereocenters. The Morgan fingerprint density at radius 1 is 1.53 bits per heavy atom. The van der Waals surface area contributed by atoms with Gasteiger partial charge < -0.3 is 9.47 Å². The van der Waals surface area contributed by atoms with Gasteiger partial charge in [0.25, 0.3) is 0 Å². The van der Waals surface area contributed by atoms with Gasteiger partial charge in [-0.3, -0.25) is 4.79 Å². The zero-order valence-electron chi connectivity index (χ0n) is 8.07. The molecule has 0 saturated heterocycles. The van der Waals surface area contributed by atoms with Crippen molar-refractivity contribution >= 4 is 33.5 Å². The van der Waals surface area contributed by atoms with E-state index in [1.54, 1.807) is 18.2 Å². The van der Waals surface area contributed by atoms with Crippen LogP contribution in [0, 0.1) is 0 Å². The highest BCUT2D eigenvalue weighted by Gasteiger charge is 2.16. The topological polar surface area (TPSA) is 35.5 Å². The molecule has 0 spiro atoms. The number of hydrogen-bond donors (Lipinski definition) is 0. The van der Waals surface area contributed by atoms with Crippen molar-refractivity contribution in [1.82, 2.24) is 0 Å². The molecule has 1 aromatic carbocycles. The monoisotopic (exact) mass is 292 g/mol. The van der Waals surface area contributed by atoms with Crippen LogP contribution in [0.1, 0.15) is 0 Å². The Morgan fingerprint density at radius 3 is 2.80 bits per heavy atom. The van der Waals surface area contributed by atoms with Crippen molar-refractivity contribution in [1.29, 1.82) is 0 Å². The highest BCUT2D eigenvalue weighted by molar-refractivity contribution is 9.10. The van der Waals surface area contributed by atoms with E-state index in [-0.39, 0.29) is 12.6 Å². The number of benzene rings is 1. The Kier molecular flexibility index (Phi) is 4.91. The van der Waals surface area contributed by atoms with Crippen LogP contribution in [0.4, 0.5) is 0 Å². The molecule has 15 heavy (non-hydrogen) atoms. The van der Waals surface area contributed by atoms with Crippen LogP contribution < -0.4 is 4.74 Å². The Hall–Kier alpha value is -0.740. The molecule has 3 nitrogen and oxygen atoms in total. The first-order valence-electron chi connectivity index (χ1n) is 4.24. The van der Waals surface area contributed by atoms with Crippen LogP contribution in [0.5, 0.6) is 5.75 Å². The van der Waals surface area contributed by atoms with E-state index in [0.29, 0.717) is 10.8 Å². The SMILES string of the molecule is COC(=O)C(Br)COc1ccccc1Cl. The Balaban J connectivity index is 2.50. The summed E-state index contributed by atoms with van der Waals surface area (Å²) < 4.78 is 9.87. The molecule has 0 saturated carbocycles. The maximum Gasteiger partial charge on any atom is 0.322 e. The standard InChI is InChI=1S/C10H10BrClO3/c1-14-10(13)7(11)6-15-9-5-3-2-4-8(9)12/h2-5,7H,6H2,1H3. The molecule has 0 radical (unpaired) electrons. The molecule has 1 atom stereocenters. The Bertz CT molecular complexity index is 343. The first-order valence-corrected chi connectivity index (χ1v) is 5.53. The second-order valence-corrected chi connectivity index (χ2v) is 4.24. The summed E-state index contributed by atoms with van der Waals surface area (Å²) in [6.07, 6.45) is 0. The average Bonchev–Trinajstić information content (AvgIpc) is 2.26. The summed E-state index contributed by atoms with van der Waals surface area (Å²) in [7, 11) is 1.33. The van der Waals surface area contributed by atoms with Crippen LogP contribution in [-0.4, -0.2) is 24.5 Å². The molecular formula is C10H10BrClO3. The van der Waals surface area contributed by atoms with E-state index in [9.17, 15) is 4.79 Å².